The fourth-order valence-corrected chi connectivity index (χ4v) is 2.61. The van der Waals surface area contributed by atoms with Crippen LogP contribution in [-0.4, -0.2) is 28.9 Å². The molecule has 0 saturated carbocycles. The Morgan fingerprint density at radius 1 is 1.47 bits per heavy atom. The Bertz CT molecular complexity index is 673. The zero-order valence-electron chi connectivity index (χ0n) is 10.7. The molecule has 0 unspecified atom stereocenters. The molecule has 0 radical (unpaired) electrons. The molecular formula is C14H15N2O3+. The number of carbonyl (C=O) groups is 1. The summed E-state index contributed by atoms with van der Waals surface area (Å²) >= 11 is 0. The van der Waals surface area contributed by atoms with Crippen LogP contribution < -0.4 is 0 Å². The summed E-state index contributed by atoms with van der Waals surface area (Å²) in [4.78, 5) is 27.1. The molecule has 0 saturated heterocycles. The van der Waals surface area contributed by atoms with Gasteiger partial charge in [-0.25, -0.2) is 4.79 Å². The van der Waals surface area contributed by atoms with Crippen molar-refractivity contribution in [3.05, 3.63) is 34.4 Å². The Balaban J connectivity index is 2.22. The summed E-state index contributed by atoms with van der Waals surface area (Å²) in [5, 5.41) is 0.801. The first kappa shape index (κ1) is 11.9. The minimum Gasteiger partial charge on any atom is -0.462 e. The predicted molar refractivity (Wildman–Crippen MR) is 70.7 cm³/mol. The standard InChI is InChI=1S/C14H14N2O3/c1-2-19-14(17)10-6-3-5-9-12(10)15-11-7-4-8-16(18)13(9)11/h3,5-6H,2,4,7-8H2,1H3/p+1. The fourth-order valence-electron chi connectivity index (χ4n) is 2.61. The second-order valence-corrected chi connectivity index (χ2v) is 4.61. The Labute approximate surface area is 110 Å². The van der Waals surface area contributed by atoms with Crippen molar-refractivity contribution in [2.24, 2.45) is 0 Å². The molecule has 5 heteroatoms. The molecule has 19 heavy (non-hydrogen) atoms. The average Bonchev–Trinajstić information content (AvgIpc) is 2.78. The number of hydrogen-bond acceptors (Lipinski definition) is 3. The van der Waals surface area contributed by atoms with Gasteiger partial charge in [0.2, 0.25) is 0 Å². The number of esters is 1. The molecule has 0 amide bonds. The summed E-state index contributed by atoms with van der Waals surface area (Å²) in [5.74, 6) is -0.357. The molecule has 0 fully saturated rings. The highest BCUT2D eigenvalue weighted by Crippen LogP contribution is 2.35. The van der Waals surface area contributed by atoms with Gasteiger partial charge in [0.1, 0.15) is 0 Å². The van der Waals surface area contributed by atoms with E-state index in [-0.39, 0.29) is 5.97 Å². The number of ether oxygens (including phenoxy) is 1. The minimum atomic E-state index is -0.357. The zero-order valence-corrected chi connectivity index (χ0v) is 10.7. The number of nitroso groups, excluding NO2 is 1. The molecule has 1 aliphatic rings. The van der Waals surface area contributed by atoms with Crippen molar-refractivity contribution in [3.63, 3.8) is 0 Å². The van der Waals surface area contributed by atoms with Crippen LogP contribution in [0.5, 0.6) is 0 Å². The van der Waals surface area contributed by atoms with Crippen molar-refractivity contribution < 1.29 is 14.3 Å². The fraction of sp³-hybridized carbons (Fsp3) is 0.357. The molecule has 0 spiro atoms. The second-order valence-electron chi connectivity index (χ2n) is 4.61. The van der Waals surface area contributed by atoms with Crippen molar-refractivity contribution in [2.45, 2.75) is 19.8 Å². The van der Waals surface area contributed by atoms with Crippen LogP contribution in [0.25, 0.3) is 10.9 Å². The third kappa shape index (κ3) is 1.82. The molecule has 1 aliphatic heterocycles. The number of aryl methyl sites for hydroxylation is 1. The summed E-state index contributed by atoms with van der Waals surface area (Å²) in [7, 11) is 0. The summed E-state index contributed by atoms with van der Waals surface area (Å²) in [6, 6.07) is 5.37. The predicted octanol–water partition coefficient (Wildman–Crippen LogP) is 2.70. The van der Waals surface area contributed by atoms with E-state index < -0.39 is 0 Å². The number of hydrogen-bond donors (Lipinski definition) is 1. The van der Waals surface area contributed by atoms with E-state index in [1.54, 1.807) is 19.1 Å². The van der Waals surface area contributed by atoms with Crippen LogP contribution in [0, 0.1) is 4.91 Å². The maximum Gasteiger partial charge on any atom is 0.340 e. The lowest BCUT2D eigenvalue weighted by Crippen LogP contribution is -2.11. The highest BCUT2D eigenvalue weighted by Gasteiger charge is 2.31. The maximum absolute atomic E-state index is 11.9. The lowest BCUT2D eigenvalue weighted by molar-refractivity contribution is -0.466. The summed E-state index contributed by atoms with van der Waals surface area (Å²) < 4.78 is 6.05. The number of benzene rings is 1. The van der Waals surface area contributed by atoms with E-state index in [9.17, 15) is 9.70 Å². The third-order valence-electron chi connectivity index (χ3n) is 3.41. The lowest BCUT2D eigenvalue weighted by Gasteiger charge is -2.02. The number of nitrogens with zero attached hydrogens (tertiary/aromatic N) is 1. The molecule has 98 valence electrons. The Morgan fingerprint density at radius 3 is 3.11 bits per heavy atom. The molecule has 5 nitrogen and oxygen atoms in total. The first-order valence-corrected chi connectivity index (χ1v) is 6.47. The zero-order chi connectivity index (χ0) is 13.4. The summed E-state index contributed by atoms with van der Waals surface area (Å²) in [6.45, 7) is 2.62. The molecule has 1 aromatic carbocycles. The lowest BCUT2D eigenvalue weighted by atomic mass is 10.1. The number of nitrogens with one attached hydrogen (secondary N) is 1. The van der Waals surface area contributed by atoms with Gasteiger partial charge in [-0.15, -0.1) is 0 Å². The highest BCUT2D eigenvalue weighted by molar-refractivity contribution is 6.06. The van der Waals surface area contributed by atoms with Gasteiger partial charge in [-0.3, -0.25) is 0 Å². The van der Waals surface area contributed by atoms with Gasteiger partial charge in [0.05, 0.1) is 28.8 Å². The van der Waals surface area contributed by atoms with Gasteiger partial charge in [-0.05, 0) is 19.1 Å². The van der Waals surface area contributed by atoms with Gasteiger partial charge in [-0.1, -0.05) is 6.07 Å². The van der Waals surface area contributed by atoms with E-state index in [0.29, 0.717) is 29.9 Å². The van der Waals surface area contributed by atoms with Gasteiger partial charge in [0.15, 0.2) is 6.54 Å². The molecule has 1 N–H and O–H groups in total. The quantitative estimate of drug-likeness (QED) is 0.666. The van der Waals surface area contributed by atoms with Crippen molar-refractivity contribution in [3.8, 4) is 0 Å². The number of H-pyrrole nitrogens is 1. The van der Waals surface area contributed by atoms with E-state index in [1.165, 1.54) is 0 Å². The van der Waals surface area contributed by atoms with Gasteiger partial charge in [0.25, 0.3) is 5.69 Å². The second kappa shape index (κ2) is 4.50. The van der Waals surface area contributed by atoms with E-state index in [2.05, 4.69) is 4.98 Å². The van der Waals surface area contributed by atoms with E-state index in [4.69, 9.17) is 4.74 Å². The van der Waals surface area contributed by atoms with Crippen LogP contribution in [0.3, 0.4) is 0 Å². The Hall–Kier alpha value is -2.17. The molecule has 2 heterocycles. The van der Waals surface area contributed by atoms with E-state index in [1.807, 2.05) is 6.07 Å². The van der Waals surface area contributed by atoms with Crippen molar-refractivity contribution in [1.82, 2.24) is 4.98 Å². The highest BCUT2D eigenvalue weighted by atomic mass is 16.5. The minimum absolute atomic E-state index is 0.337. The number of aromatic amines is 1. The summed E-state index contributed by atoms with van der Waals surface area (Å²) in [5.41, 5.74) is 2.77. The normalized spacial score (nSPS) is 14.5. The van der Waals surface area contributed by atoms with Crippen molar-refractivity contribution in [1.29, 1.82) is 0 Å². The van der Waals surface area contributed by atoms with Crippen LogP contribution in [-0.2, 0) is 11.2 Å². The smallest absolute Gasteiger partial charge is 0.340 e. The van der Waals surface area contributed by atoms with Crippen LogP contribution in [0.1, 0.15) is 29.4 Å². The Morgan fingerprint density at radius 2 is 2.32 bits per heavy atom. The van der Waals surface area contributed by atoms with Crippen molar-refractivity contribution in [2.75, 3.05) is 13.2 Å². The van der Waals surface area contributed by atoms with Gasteiger partial charge >= 0.3 is 5.97 Å². The largest absolute Gasteiger partial charge is 0.462 e. The number of rotatable bonds is 2. The first-order chi connectivity index (χ1) is 9.22. The molecule has 2 aromatic rings. The number of aromatic nitrogens is 1. The van der Waals surface area contributed by atoms with E-state index in [0.717, 1.165) is 28.7 Å². The van der Waals surface area contributed by atoms with Crippen LogP contribution in [0.2, 0.25) is 0 Å². The molecule has 1 aromatic heterocycles. The van der Waals surface area contributed by atoms with Crippen LogP contribution in [0.15, 0.2) is 18.2 Å². The molecule has 0 atom stereocenters. The van der Waals surface area contributed by atoms with Gasteiger partial charge in [-0.2, -0.15) is 0 Å². The van der Waals surface area contributed by atoms with Gasteiger partial charge < -0.3 is 9.72 Å². The SMILES string of the molecule is CCOC(=O)c1cccc2c3c([nH]c12)CCC[N+]3=O. The van der Waals surface area contributed by atoms with Crippen LogP contribution in [0.4, 0.5) is 5.69 Å². The number of para-hydroxylation sites is 1. The monoisotopic (exact) mass is 259 g/mol. The average molecular weight is 259 g/mol. The molecular weight excluding hydrogens is 244 g/mol. The first-order valence-electron chi connectivity index (χ1n) is 6.47. The van der Waals surface area contributed by atoms with Crippen LogP contribution >= 0.6 is 0 Å². The third-order valence-corrected chi connectivity index (χ3v) is 3.41. The number of carbonyl (C=O) groups excluding carboxylic acids is 1. The maximum atomic E-state index is 11.9. The topological polar surface area (TPSA) is 62.2 Å². The summed E-state index contributed by atoms with van der Waals surface area (Å²) in [6.07, 6.45) is 1.67. The van der Waals surface area contributed by atoms with E-state index >= 15 is 0 Å². The number of fused-ring (bicyclic) bond motifs is 3. The molecule has 0 aliphatic carbocycles. The molecule has 3 rings (SSSR count). The van der Waals surface area contributed by atoms with Crippen molar-refractivity contribution >= 4 is 22.6 Å². The van der Waals surface area contributed by atoms with Gasteiger partial charge in [0, 0.05) is 22.5 Å². The Kier molecular flexibility index (Phi) is 2.81. The molecule has 0 bridgehead atoms.